The number of hydrogen-bond donors (Lipinski definition) is 1. The minimum atomic E-state index is -4.23. The number of aryl methyl sites for hydroxylation is 2. The molecule has 11 nitrogen and oxygen atoms in total. The topological polar surface area (TPSA) is 131 Å². The van der Waals surface area contributed by atoms with Gasteiger partial charge in [0.2, 0.25) is 11.8 Å². The van der Waals surface area contributed by atoms with Gasteiger partial charge in [-0.3, -0.25) is 9.78 Å². The summed E-state index contributed by atoms with van der Waals surface area (Å²) in [6.07, 6.45) is 6.50. The van der Waals surface area contributed by atoms with Gasteiger partial charge in [0.05, 0.1) is 41.3 Å². The van der Waals surface area contributed by atoms with E-state index >= 15 is 4.39 Å². The summed E-state index contributed by atoms with van der Waals surface area (Å²) in [5, 5.41) is 0. The third kappa shape index (κ3) is 7.25. The number of fused-ring (bicyclic) bond motifs is 4. The highest BCUT2D eigenvalue weighted by molar-refractivity contribution is 7.92. The van der Waals surface area contributed by atoms with Crippen molar-refractivity contribution in [2.45, 2.75) is 82.6 Å². The Balaban J connectivity index is 1.46. The minimum absolute atomic E-state index is 0.0137. The lowest BCUT2D eigenvalue weighted by atomic mass is 9.92. The lowest BCUT2D eigenvalue weighted by Gasteiger charge is -2.36. The fourth-order valence-electron chi connectivity index (χ4n) is 6.18. The zero-order chi connectivity index (χ0) is 34.2. The van der Waals surface area contributed by atoms with Crippen molar-refractivity contribution in [3.63, 3.8) is 0 Å². The fraction of sp³-hybridized carbons (Fsp3) is 0.400. The molecule has 4 aromatic rings. The average Bonchev–Trinajstić information content (AvgIpc) is 3.00. The van der Waals surface area contributed by atoms with Crippen LogP contribution in [0.4, 0.5) is 16.2 Å². The maximum atomic E-state index is 15.5. The van der Waals surface area contributed by atoms with Crippen LogP contribution in [0.3, 0.4) is 0 Å². The van der Waals surface area contributed by atoms with Crippen LogP contribution in [0.15, 0.2) is 65.8 Å². The first kappa shape index (κ1) is 33.3. The van der Waals surface area contributed by atoms with Gasteiger partial charge >= 0.3 is 0 Å². The van der Waals surface area contributed by atoms with E-state index in [-0.39, 0.29) is 41.9 Å². The van der Waals surface area contributed by atoms with Crippen molar-refractivity contribution in [2.24, 2.45) is 0 Å². The number of benzene rings is 2. The number of alkyl halides is 1. The number of sulfonamides is 1. The summed E-state index contributed by atoms with van der Waals surface area (Å²) in [5.41, 5.74) is 2.04. The number of hydrogen-bond acceptors (Lipinski definition) is 9. The molecule has 0 spiro atoms. The molecule has 1 amide bonds. The van der Waals surface area contributed by atoms with Gasteiger partial charge in [-0.1, -0.05) is 24.3 Å². The van der Waals surface area contributed by atoms with E-state index in [4.69, 9.17) is 9.72 Å². The van der Waals surface area contributed by atoms with E-state index < -0.39 is 27.6 Å². The number of amides is 1. The molecule has 0 saturated heterocycles. The second-order valence-corrected chi connectivity index (χ2v) is 14.9. The molecule has 1 fully saturated rings. The molecule has 1 atom stereocenters. The summed E-state index contributed by atoms with van der Waals surface area (Å²) in [6.45, 7) is 6.62. The Morgan fingerprint density at radius 1 is 1.04 bits per heavy atom. The Morgan fingerprint density at radius 3 is 2.46 bits per heavy atom. The van der Waals surface area contributed by atoms with E-state index in [0.29, 0.717) is 23.2 Å². The Kier molecular flexibility index (Phi) is 9.08. The zero-order valence-corrected chi connectivity index (χ0v) is 28.6. The minimum Gasteiger partial charge on any atom is -0.475 e. The van der Waals surface area contributed by atoms with Crippen LogP contribution in [0.25, 0.3) is 11.3 Å². The van der Waals surface area contributed by atoms with E-state index in [0.717, 1.165) is 36.0 Å². The van der Waals surface area contributed by atoms with Gasteiger partial charge in [-0.25, -0.2) is 27.5 Å². The normalized spacial score (nSPS) is 18.0. The number of halogens is 1. The Labute approximate surface area is 280 Å². The summed E-state index contributed by atoms with van der Waals surface area (Å²) < 4.78 is 51.5. The first-order valence-corrected chi connectivity index (χ1v) is 17.5. The lowest BCUT2D eigenvalue weighted by Crippen LogP contribution is -2.46. The van der Waals surface area contributed by atoms with Crippen molar-refractivity contribution in [3.8, 4) is 17.1 Å². The van der Waals surface area contributed by atoms with Gasteiger partial charge in [0.15, 0.2) is 0 Å². The van der Waals surface area contributed by atoms with Crippen LogP contribution < -0.4 is 14.4 Å². The maximum Gasteiger partial charge on any atom is 0.264 e. The number of carbonyl (C=O) groups excluding carboxylic acids is 1. The zero-order valence-electron chi connectivity index (χ0n) is 27.8. The number of aromatic nitrogens is 4. The fourth-order valence-corrected chi connectivity index (χ4v) is 7.17. The molecule has 2 aromatic carbocycles. The SMILES string of the molecule is Cc1cccc(C)c1-c1cc2nc(n1)NS(=O)(=O)c1cccc(c1)C(=O)N(Cc1cncc(N(C)C3CCC3)n1)[C@H](CC(C)(C)F)CO2. The van der Waals surface area contributed by atoms with Crippen LogP contribution in [-0.2, 0) is 16.6 Å². The second-order valence-electron chi connectivity index (χ2n) is 13.2. The molecule has 2 aromatic heterocycles. The summed E-state index contributed by atoms with van der Waals surface area (Å²) in [7, 11) is -2.25. The molecule has 3 heterocycles. The van der Waals surface area contributed by atoms with Crippen LogP contribution >= 0.6 is 0 Å². The molecule has 4 bridgehead atoms. The van der Waals surface area contributed by atoms with Crippen molar-refractivity contribution in [1.82, 2.24) is 24.8 Å². The van der Waals surface area contributed by atoms with E-state index in [1.54, 1.807) is 18.5 Å². The van der Waals surface area contributed by atoms with Gasteiger partial charge in [0.1, 0.15) is 18.1 Å². The standard InChI is InChI=1S/C35H40FN7O4S/c1-22-9-6-10-23(2)32(22)29-16-31-40-34(39-29)41-48(45,46)28-14-7-11-24(15-28)33(44)43(27(21-47-31)17-35(3,4)36)20-25-18-37-19-30(38-25)42(5)26-12-8-13-26/h6-7,9-11,14-16,18-19,26-27H,8,12-13,17,20-21H2,1-5H3,(H,39,40,41)/t27-/m1/s1. The van der Waals surface area contributed by atoms with Gasteiger partial charge in [-0.05, 0) is 76.3 Å². The van der Waals surface area contributed by atoms with Gasteiger partial charge in [0.25, 0.3) is 15.9 Å². The molecule has 13 heteroatoms. The maximum absolute atomic E-state index is 15.5. The van der Waals surface area contributed by atoms with Gasteiger partial charge in [0, 0.05) is 36.7 Å². The summed E-state index contributed by atoms with van der Waals surface area (Å²) in [6, 6.07) is 12.7. The highest BCUT2D eigenvalue weighted by atomic mass is 32.2. The molecule has 48 heavy (non-hydrogen) atoms. The van der Waals surface area contributed by atoms with Crippen molar-refractivity contribution in [2.75, 3.05) is 23.3 Å². The summed E-state index contributed by atoms with van der Waals surface area (Å²) >= 11 is 0. The molecule has 2 aliphatic rings. The van der Waals surface area contributed by atoms with Gasteiger partial charge < -0.3 is 14.5 Å². The van der Waals surface area contributed by atoms with Crippen LogP contribution in [0.2, 0.25) is 0 Å². The lowest BCUT2D eigenvalue weighted by molar-refractivity contribution is 0.0449. The molecule has 0 unspecified atom stereocenters. The second kappa shape index (κ2) is 13.1. The number of nitrogens with zero attached hydrogens (tertiary/aromatic N) is 6. The van der Waals surface area contributed by atoms with E-state index in [9.17, 15) is 13.2 Å². The molecule has 1 N–H and O–H groups in total. The molecule has 252 valence electrons. The number of anilines is 2. The molecule has 1 aliphatic carbocycles. The highest BCUT2D eigenvalue weighted by Crippen LogP contribution is 2.32. The Morgan fingerprint density at radius 2 is 1.77 bits per heavy atom. The first-order valence-electron chi connectivity index (χ1n) is 16.0. The average molecular weight is 674 g/mol. The van der Waals surface area contributed by atoms with Crippen LogP contribution in [0.1, 0.15) is 66.7 Å². The van der Waals surface area contributed by atoms with Gasteiger partial charge in [-0.15, -0.1) is 0 Å². The predicted octanol–water partition coefficient (Wildman–Crippen LogP) is 5.88. The third-order valence-corrected chi connectivity index (χ3v) is 10.2. The van der Waals surface area contributed by atoms with E-state index in [1.807, 2.05) is 39.1 Å². The highest BCUT2D eigenvalue weighted by Gasteiger charge is 2.33. The monoisotopic (exact) mass is 673 g/mol. The van der Waals surface area contributed by atoms with Crippen molar-refractivity contribution < 1.29 is 22.3 Å². The number of carbonyl (C=O) groups is 1. The number of rotatable bonds is 7. The predicted molar refractivity (Wildman–Crippen MR) is 181 cm³/mol. The number of nitrogens with one attached hydrogen (secondary N) is 1. The molecular weight excluding hydrogens is 633 g/mol. The molecular formula is C35H40FN7O4S. The van der Waals surface area contributed by atoms with Gasteiger partial charge in [-0.2, -0.15) is 4.98 Å². The van der Waals surface area contributed by atoms with E-state index in [2.05, 4.69) is 24.6 Å². The van der Waals surface area contributed by atoms with Crippen molar-refractivity contribution in [1.29, 1.82) is 0 Å². The Bertz CT molecular complexity index is 1930. The molecule has 6 rings (SSSR count). The smallest absolute Gasteiger partial charge is 0.264 e. The molecule has 1 aliphatic heterocycles. The quantitative estimate of drug-likeness (QED) is 0.256. The van der Waals surface area contributed by atoms with Crippen molar-refractivity contribution in [3.05, 3.63) is 83.3 Å². The summed E-state index contributed by atoms with van der Waals surface area (Å²) in [4.78, 5) is 36.0. The number of ether oxygens (including phenoxy) is 1. The van der Waals surface area contributed by atoms with Crippen LogP contribution in [0.5, 0.6) is 5.88 Å². The molecule has 0 radical (unpaired) electrons. The Hall–Kier alpha value is -4.65. The first-order chi connectivity index (χ1) is 22.8. The van der Waals surface area contributed by atoms with Crippen LogP contribution in [0, 0.1) is 13.8 Å². The van der Waals surface area contributed by atoms with Crippen molar-refractivity contribution >= 4 is 27.7 Å². The largest absolute Gasteiger partial charge is 0.475 e. The molecule has 1 saturated carbocycles. The third-order valence-electron chi connectivity index (χ3n) is 8.89. The van der Waals surface area contributed by atoms with E-state index in [1.165, 1.54) is 43.0 Å². The summed E-state index contributed by atoms with van der Waals surface area (Å²) in [5.74, 6) is 0.0610. The van der Waals surface area contributed by atoms with Crippen LogP contribution in [-0.4, -0.2) is 70.6 Å².